The monoisotopic (exact) mass is 612 g/mol. The van der Waals surface area contributed by atoms with E-state index in [1.54, 1.807) is 0 Å². The van der Waals surface area contributed by atoms with Crippen molar-refractivity contribution in [3.63, 3.8) is 0 Å². The average molecular weight is 613 g/mol. The van der Waals surface area contributed by atoms with Crippen LogP contribution < -0.4 is 0 Å². The Bertz CT molecular complexity index is 617. The van der Waals surface area contributed by atoms with E-state index in [0.29, 0.717) is 33.0 Å². The van der Waals surface area contributed by atoms with E-state index < -0.39 is 34.2 Å². The molecule has 0 unspecified atom stereocenters. The Balaban J connectivity index is 0. The molecule has 0 saturated carbocycles. The second-order valence-corrected chi connectivity index (χ2v) is 11.3. The topological polar surface area (TPSA) is 180 Å². The minimum atomic E-state index is -4.63. The summed E-state index contributed by atoms with van der Waals surface area (Å²) in [5, 5.41) is 0. The van der Waals surface area contributed by atoms with Crippen LogP contribution in [0.2, 0.25) is 0 Å². The normalized spacial score (nSPS) is 12.9. The molecule has 13 nitrogen and oxygen atoms in total. The minimum Gasteiger partial charge on any atom is -0.327 e. The Labute approximate surface area is 234 Å². The number of hydrogen-bond acceptors (Lipinski definition) is 9. The SMILES string of the molecule is CCCCOC(C)(OCCCC)OP(=O)(O)O.CCCCOC(COP(=O)(O)O)(OCCCC)OCCCC. The number of phosphoric ester groups is 2. The first-order chi connectivity index (χ1) is 18.2. The summed E-state index contributed by atoms with van der Waals surface area (Å²) in [6.07, 6.45) is 8.57. The molecule has 15 heteroatoms. The van der Waals surface area contributed by atoms with Crippen LogP contribution in [0.4, 0.5) is 0 Å². The molecule has 0 spiro atoms. The molecule has 0 rings (SSSR count). The van der Waals surface area contributed by atoms with Crippen LogP contribution >= 0.6 is 15.6 Å². The molecule has 0 fully saturated rings. The third-order valence-corrected chi connectivity index (χ3v) is 5.91. The van der Waals surface area contributed by atoms with Crippen LogP contribution in [-0.4, -0.2) is 71.2 Å². The molecule has 0 atom stereocenters. The Morgan fingerprint density at radius 3 is 1.10 bits per heavy atom. The van der Waals surface area contributed by atoms with Gasteiger partial charge >= 0.3 is 21.6 Å². The molecule has 0 aliphatic carbocycles. The van der Waals surface area contributed by atoms with Crippen molar-refractivity contribution in [2.75, 3.05) is 39.6 Å². The molecule has 0 heterocycles. The lowest BCUT2D eigenvalue weighted by molar-refractivity contribution is -0.390. The summed E-state index contributed by atoms with van der Waals surface area (Å²) >= 11 is 0. The van der Waals surface area contributed by atoms with E-state index in [1.807, 2.05) is 34.6 Å². The van der Waals surface area contributed by atoms with Crippen LogP contribution in [0.3, 0.4) is 0 Å². The van der Waals surface area contributed by atoms with Gasteiger partial charge in [-0.15, -0.1) is 0 Å². The van der Waals surface area contributed by atoms with E-state index in [2.05, 4.69) is 9.05 Å². The quantitative estimate of drug-likeness (QED) is 0.0569. The van der Waals surface area contributed by atoms with Crippen LogP contribution in [0.15, 0.2) is 0 Å². The van der Waals surface area contributed by atoms with Crippen molar-refractivity contribution in [2.24, 2.45) is 0 Å². The number of unbranched alkanes of at least 4 members (excludes halogenated alkanes) is 5. The van der Waals surface area contributed by atoms with Gasteiger partial charge in [0.05, 0.1) is 33.0 Å². The second kappa shape index (κ2) is 23.6. The fourth-order valence-corrected chi connectivity index (χ4v) is 3.51. The highest BCUT2D eigenvalue weighted by Gasteiger charge is 2.37. The molecule has 0 aliphatic heterocycles. The minimum absolute atomic E-state index is 0.332. The van der Waals surface area contributed by atoms with Crippen molar-refractivity contribution in [2.45, 2.75) is 118 Å². The molecule has 4 N–H and O–H groups in total. The lowest BCUT2D eigenvalue weighted by Crippen LogP contribution is -2.44. The molecule has 0 amide bonds. The number of phosphoric acid groups is 2. The Hall–Kier alpha value is 0.0200. The zero-order chi connectivity index (χ0) is 30.3. The summed E-state index contributed by atoms with van der Waals surface area (Å²) < 4.78 is 58.4. The largest absolute Gasteiger partial charge is 0.473 e. The summed E-state index contributed by atoms with van der Waals surface area (Å²) in [6, 6.07) is 0. The second-order valence-electron chi connectivity index (χ2n) is 8.90. The number of hydrogen-bond donors (Lipinski definition) is 4. The number of rotatable bonds is 25. The van der Waals surface area contributed by atoms with Gasteiger partial charge in [-0.05, 0) is 32.1 Å². The molecule has 0 aromatic rings. The van der Waals surface area contributed by atoms with Crippen molar-refractivity contribution >= 4 is 15.6 Å². The summed E-state index contributed by atoms with van der Waals surface area (Å²) in [5.74, 6) is -3.23. The van der Waals surface area contributed by atoms with Crippen molar-refractivity contribution in [3.8, 4) is 0 Å². The van der Waals surface area contributed by atoms with Crippen LogP contribution in [0.5, 0.6) is 0 Å². The zero-order valence-corrected chi connectivity index (χ0v) is 26.5. The van der Waals surface area contributed by atoms with Gasteiger partial charge in [0.25, 0.3) is 5.97 Å². The molecule has 0 bridgehead atoms. The van der Waals surface area contributed by atoms with Crippen LogP contribution in [0, 0.1) is 0 Å². The maximum atomic E-state index is 11.0. The van der Waals surface area contributed by atoms with Gasteiger partial charge in [-0.25, -0.2) is 13.7 Å². The molecule has 0 saturated heterocycles. The van der Waals surface area contributed by atoms with Crippen LogP contribution in [-0.2, 0) is 41.9 Å². The summed E-state index contributed by atoms with van der Waals surface area (Å²) in [4.78, 5) is 35.4. The predicted molar refractivity (Wildman–Crippen MR) is 147 cm³/mol. The maximum Gasteiger partial charge on any atom is 0.473 e. The fraction of sp³-hybridized carbons (Fsp3) is 1.00. The van der Waals surface area contributed by atoms with Gasteiger partial charge in [-0.2, -0.15) is 0 Å². The van der Waals surface area contributed by atoms with Gasteiger partial charge in [-0.3, -0.25) is 4.52 Å². The smallest absolute Gasteiger partial charge is 0.327 e. The molecule has 39 heavy (non-hydrogen) atoms. The fourth-order valence-electron chi connectivity index (χ4n) is 2.64. The molecule has 0 radical (unpaired) electrons. The molecule has 0 aromatic carbocycles. The van der Waals surface area contributed by atoms with Gasteiger partial charge in [0.1, 0.15) is 6.61 Å². The highest BCUT2D eigenvalue weighted by atomic mass is 31.2. The van der Waals surface area contributed by atoms with E-state index in [1.165, 1.54) is 6.92 Å². The van der Waals surface area contributed by atoms with Crippen LogP contribution in [0.25, 0.3) is 0 Å². The van der Waals surface area contributed by atoms with Gasteiger partial charge in [-0.1, -0.05) is 66.7 Å². The number of ether oxygens (including phenoxy) is 5. The molecular formula is C24H54O13P2. The first-order valence-electron chi connectivity index (χ1n) is 13.9. The third kappa shape index (κ3) is 26.7. The first-order valence-corrected chi connectivity index (χ1v) is 16.9. The molecule has 238 valence electrons. The van der Waals surface area contributed by atoms with Crippen molar-refractivity contribution in [1.29, 1.82) is 0 Å². The highest BCUT2D eigenvalue weighted by molar-refractivity contribution is 7.46. The third-order valence-electron chi connectivity index (χ3n) is 4.88. The van der Waals surface area contributed by atoms with Crippen molar-refractivity contribution < 1.29 is 61.4 Å². The van der Waals surface area contributed by atoms with Crippen molar-refractivity contribution in [3.05, 3.63) is 0 Å². The Morgan fingerprint density at radius 1 is 0.538 bits per heavy atom. The molecular weight excluding hydrogens is 558 g/mol. The van der Waals surface area contributed by atoms with E-state index in [0.717, 1.165) is 64.2 Å². The highest BCUT2D eigenvalue weighted by Crippen LogP contribution is 2.42. The summed E-state index contributed by atoms with van der Waals surface area (Å²) in [7, 11) is -9.25. The maximum absolute atomic E-state index is 11.0. The molecule has 0 aromatic heterocycles. The van der Waals surface area contributed by atoms with E-state index in [-0.39, 0.29) is 0 Å². The summed E-state index contributed by atoms with van der Waals surface area (Å²) in [6.45, 7) is 12.7. The zero-order valence-electron chi connectivity index (χ0n) is 24.7. The lowest BCUT2D eigenvalue weighted by atomic mass is 10.3. The van der Waals surface area contributed by atoms with E-state index in [9.17, 15) is 9.13 Å². The van der Waals surface area contributed by atoms with Gasteiger partial charge in [0.15, 0.2) is 0 Å². The average Bonchev–Trinajstić information content (AvgIpc) is 2.82. The lowest BCUT2D eigenvalue weighted by Gasteiger charge is -2.33. The van der Waals surface area contributed by atoms with Crippen molar-refractivity contribution in [1.82, 2.24) is 0 Å². The standard InChI is InChI=1S/C14H31O7P.C10H23O6P/c1-4-7-10-18-14(19-11-8-5-2,20-12-9-6-3)13-21-22(15,16)17;1-4-6-8-14-10(3,15-9-7-5-2)16-17(11,12)13/h4-13H2,1-3H3,(H2,15,16,17);4-9H2,1-3H3,(H2,11,12,13). The van der Waals surface area contributed by atoms with Gasteiger partial charge < -0.3 is 43.3 Å². The van der Waals surface area contributed by atoms with E-state index >= 15 is 0 Å². The van der Waals surface area contributed by atoms with Gasteiger partial charge in [0.2, 0.25) is 0 Å². The Morgan fingerprint density at radius 2 is 0.846 bits per heavy atom. The van der Waals surface area contributed by atoms with Crippen LogP contribution in [0.1, 0.15) is 106 Å². The predicted octanol–water partition coefficient (Wildman–Crippen LogP) is 5.60. The van der Waals surface area contributed by atoms with Gasteiger partial charge in [0, 0.05) is 6.92 Å². The summed E-state index contributed by atoms with van der Waals surface area (Å²) in [5.41, 5.74) is 0. The molecule has 0 aliphatic rings. The first kappa shape index (κ1) is 41.2. The Kier molecular flexibility index (Phi) is 24.9. The van der Waals surface area contributed by atoms with E-state index in [4.69, 9.17) is 43.3 Å².